The number of ether oxygens (including phenoxy) is 2. The molecule has 0 saturated carbocycles. The number of rotatable bonds is 2. The summed E-state index contributed by atoms with van der Waals surface area (Å²) in [5, 5.41) is 17.2. The molecule has 1 N–H and O–H groups in total. The average molecular weight is 338 g/mol. The number of nitriles is 1. The van der Waals surface area contributed by atoms with E-state index >= 15 is 0 Å². The number of hydrogen-bond acceptors (Lipinski definition) is 5. The predicted molar refractivity (Wildman–Crippen MR) is 76.8 cm³/mol. The van der Waals surface area contributed by atoms with Gasteiger partial charge in [-0.25, -0.2) is 0 Å². The number of esters is 1. The van der Waals surface area contributed by atoms with Gasteiger partial charge in [-0.05, 0) is 18.6 Å². The molecule has 2 unspecified atom stereocenters. The molecule has 24 heavy (non-hydrogen) atoms. The van der Waals surface area contributed by atoms with E-state index in [2.05, 4.69) is 4.74 Å². The van der Waals surface area contributed by atoms with Crippen molar-refractivity contribution in [2.24, 2.45) is 5.92 Å². The normalized spacial score (nSPS) is 21.1. The van der Waals surface area contributed by atoms with Crippen molar-refractivity contribution in [2.75, 3.05) is 7.11 Å². The third-order valence-electron chi connectivity index (χ3n) is 3.75. The van der Waals surface area contributed by atoms with Gasteiger partial charge in [-0.2, -0.15) is 18.4 Å². The monoisotopic (exact) mass is 338 g/mol. The van der Waals surface area contributed by atoms with Gasteiger partial charge in [-0.3, -0.25) is 10.2 Å². The molecule has 0 aliphatic carbocycles. The van der Waals surface area contributed by atoms with Crippen LogP contribution in [0.3, 0.4) is 0 Å². The van der Waals surface area contributed by atoms with E-state index < -0.39 is 35.4 Å². The molecule has 2 atom stereocenters. The zero-order chi connectivity index (χ0) is 18.1. The number of carbonyl (C=O) groups excluding carboxylic acids is 1. The van der Waals surface area contributed by atoms with Crippen LogP contribution in [0.25, 0.3) is 0 Å². The van der Waals surface area contributed by atoms with E-state index in [9.17, 15) is 23.2 Å². The minimum atomic E-state index is -4.67. The number of nitrogens with zero attached hydrogens (tertiary/aromatic N) is 1. The number of nitrogens with one attached hydrogen (secondary N) is 1. The molecule has 1 aromatic rings. The Labute approximate surface area is 135 Å². The molecule has 0 saturated heterocycles. The predicted octanol–water partition coefficient (Wildman–Crippen LogP) is 3.38. The van der Waals surface area contributed by atoms with E-state index in [0.717, 1.165) is 13.2 Å². The van der Waals surface area contributed by atoms with Crippen molar-refractivity contribution < 1.29 is 27.4 Å². The minimum absolute atomic E-state index is 0.00960. The summed E-state index contributed by atoms with van der Waals surface area (Å²) < 4.78 is 49.7. The number of benzene rings is 1. The van der Waals surface area contributed by atoms with Crippen LogP contribution in [0, 0.1) is 22.7 Å². The van der Waals surface area contributed by atoms with E-state index in [4.69, 9.17) is 10.1 Å². The van der Waals surface area contributed by atoms with Gasteiger partial charge in [0.1, 0.15) is 11.7 Å². The molecule has 5 nitrogen and oxygen atoms in total. The molecule has 0 aromatic heterocycles. The third kappa shape index (κ3) is 2.97. The van der Waals surface area contributed by atoms with Gasteiger partial charge in [-0.15, -0.1) is 0 Å². The first kappa shape index (κ1) is 17.5. The standard InChI is InChI=1S/C16H13F3N2O3/c1-8-10(7-20)12(13(14(21)24-8)15(22)23-2)9-5-3-4-6-11(9)16(17,18)19/h3-6,12-13,21H,1-2H3. The van der Waals surface area contributed by atoms with Gasteiger partial charge in [-0.1, -0.05) is 18.2 Å². The molecule has 1 aliphatic heterocycles. The van der Waals surface area contributed by atoms with Gasteiger partial charge < -0.3 is 9.47 Å². The summed E-state index contributed by atoms with van der Waals surface area (Å²) in [6, 6.07) is 6.44. The Morgan fingerprint density at radius 3 is 2.54 bits per heavy atom. The van der Waals surface area contributed by atoms with Crippen LogP contribution < -0.4 is 0 Å². The maximum atomic E-state index is 13.3. The highest BCUT2D eigenvalue weighted by atomic mass is 19.4. The van der Waals surface area contributed by atoms with Crippen LogP contribution in [0.4, 0.5) is 13.2 Å². The Morgan fingerprint density at radius 1 is 1.38 bits per heavy atom. The summed E-state index contributed by atoms with van der Waals surface area (Å²) in [7, 11) is 1.06. The number of carbonyl (C=O) groups is 1. The fourth-order valence-electron chi connectivity index (χ4n) is 2.70. The molecule has 0 bridgehead atoms. The maximum absolute atomic E-state index is 13.3. The number of alkyl halides is 3. The molecule has 0 radical (unpaired) electrons. The maximum Gasteiger partial charge on any atom is 0.416 e. The largest absolute Gasteiger partial charge is 0.468 e. The molecule has 8 heteroatoms. The lowest BCUT2D eigenvalue weighted by atomic mass is 9.76. The van der Waals surface area contributed by atoms with E-state index in [1.165, 1.54) is 25.1 Å². The first-order valence-corrected chi connectivity index (χ1v) is 6.83. The lowest BCUT2D eigenvalue weighted by Gasteiger charge is -2.32. The lowest BCUT2D eigenvalue weighted by Crippen LogP contribution is -2.37. The van der Waals surface area contributed by atoms with Gasteiger partial charge in [0.15, 0.2) is 0 Å². The summed E-state index contributed by atoms with van der Waals surface area (Å²) >= 11 is 0. The Kier molecular flexibility index (Phi) is 4.64. The van der Waals surface area contributed by atoms with E-state index in [0.29, 0.717) is 0 Å². The van der Waals surface area contributed by atoms with Crippen LogP contribution >= 0.6 is 0 Å². The molecule has 0 fully saturated rings. The Morgan fingerprint density at radius 2 is 2.00 bits per heavy atom. The van der Waals surface area contributed by atoms with Gasteiger partial charge >= 0.3 is 12.1 Å². The van der Waals surface area contributed by atoms with Crippen LogP contribution in [-0.4, -0.2) is 19.0 Å². The minimum Gasteiger partial charge on any atom is -0.468 e. The van der Waals surface area contributed by atoms with Crippen molar-refractivity contribution in [3.63, 3.8) is 0 Å². The van der Waals surface area contributed by atoms with Crippen LogP contribution in [-0.2, 0) is 20.4 Å². The number of halogens is 3. The van der Waals surface area contributed by atoms with E-state index in [-0.39, 0.29) is 16.9 Å². The summed E-state index contributed by atoms with van der Waals surface area (Å²) in [6.07, 6.45) is -4.67. The van der Waals surface area contributed by atoms with E-state index in [1.54, 1.807) is 6.07 Å². The summed E-state index contributed by atoms with van der Waals surface area (Å²) in [5.74, 6) is -4.27. The van der Waals surface area contributed by atoms with Crippen LogP contribution in [0.1, 0.15) is 24.0 Å². The smallest absolute Gasteiger partial charge is 0.416 e. The zero-order valence-corrected chi connectivity index (χ0v) is 12.8. The van der Waals surface area contributed by atoms with Crippen molar-refractivity contribution in [3.8, 4) is 6.07 Å². The second-order valence-corrected chi connectivity index (χ2v) is 5.11. The molecule has 0 spiro atoms. The fraction of sp³-hybridized carbons (Fsp3) is 0.312. The fourth-order valence-corrected chi connectivity index (χ4v) is 2.70. The molecular weight excluding hydrogens is 325 g/mol. The topological polar surface area (TPSA) is 83.2 Å². The molecule has 1 aliphatic rings. The van der Waals surface area contributed by atoms with Crippen molar-refractivity contribution >= 4 is 11.9 Å². The highest BCUT2D eigenvalue weighted by molar-refractivity contribution is 5.99. The highest BCUT2D eigenvalue weighted by Gasteiger charge is 2.46. The quantitative estimate of drug-likeness (QED) is 0.838. The number of allylic oxidation sites excluding steroid dienone is 2. The van der Waals surface area contributed by atoms with Crippen molar-refractivity contribution in [2.45, 2.75) is 19.0 Å². The second-order valence-electron chi connectivity index (χ2n) is 5.11. The molecule has 1 heterocycles. The second kappa shape index (κ2) is 6.35. The average Bonchev–Trinajstić information content (AvgIpc) is 2.52. The van der Waals surface area contributed by atoms with Crippen LogP contribution in [0.5, 0.6) is 0 Å². The Bertz CT molecular complexity index is 763. The van der Waals surface area contributed by atoms with Gasteiger partial charge in [0, 0.05) is 5.92 Å². The number of methoxy groups -OCH3 is 1. The van der Waals surface area contributed by atoms with Crippen molar-refractivity contribution in [3.05, 3.63) is 46.7 Å². The first-order valence-electron chi connectivity index (χ1n) is 6.83. The van der Waals surface area contributed by atoms with Gasteiger partial charge in [0.2, 0.25) is 5.90 Å². The molecule has 0 amide bonds. The van der Waals surface area contributed by atoms with Crippen molar-refractivity contribution in [1.29, 1.82) is 10.7 Å². The molecule has 126 valence electrons. The van der Waals surface area contributed by atoms with Gasteiger partial charge in [0.05, 0.1) is 24.3 Å². The zero-order valence-electron chi connectivity index (χ0n) is 12.8. The third-order valence-corrected chi connectivity index (χ3v) is 3.75. The number of hydrogen-bond donors (Lipinski definition) is 1. The van der Waals surface area contributed by atoms with Gasteiger partial charge in [0.25, 0.3) is 0 Å². The highest BCUT2D eigenvalue weighted by Crippen LogP contribution is 2.44. The molecule has 1 aromatic carbocycles. The molecule has 2 rings (SSSR count). The van der Waals surface area contributed by atoms with Crippen LogP contribution in [0.2, 0.25) is 0 Å². The Balaban J connectivity index is 2.75. The molecular formula is C16H13F3N2O3. The summed E-state index contributed by atoms with van der Waals surface area (Å²) in [5.41, 5.74) is -1.39. The summed E-state index contributed by atoms with van der Waals surface area (Å²) in [4.78, 5) is 12.0. The lowest BCUT2D eigenvalue weighted by molar-refractivity contribution is -0.145. The van der Waals surface area contributed by atoms with E-state index in [1.807, 2.05) is 0 Å². The van der Waals surface area contributed by atoms with Crippen LogP contribution in [0.15, 0.2) is 35.6 Å². The Hall–Kier alpha value is -2.82. The van der Waals surface area contributed by atoms with Crippen molar-refractivity contribution in [1.82, 2.24) is 0 Å². The summed E-state index contributed by atoms with van der Waals surface area (Å²) in [6.45, 7) is 1.36. The first-order chi connectivity index (χ1) is 11.2. The SMILES string of the molecule is COC(=O)C1C(=N)OC(C)=C(C#N)C1c1ccccc1C(F)(F)F.